The van der Waals surface area contributed by atoms with Gasteiger partial charge in [0.2, 0.25) is 5.91 Å². The molecule has 0 spiro atoms. The topological polar surface area (TPSA) is 151 Å². The van der Waals surface area contributed by atoms with E-state index >= 15 is 0 Å². The molecule has 2 atom stereocenters. The quantitative estimate of drug-likeness (QED) is 0.393. The van der Waals surface area contributed by atoms with Crippen LogP contribution in [0.1, 0.15) is 42.0 Å². The van der Waals surface area contributed by atoms with Crippen molar-refractivity contribution in [3.63, 3.8) is 0 Å². The Labute approximate surface area is 167 Å². The Morgan fingerprint density at radius 2 is 2.07 bits per heavy atom. The minimum absolute atomic E-state index is 0.0137. The van der Waals surface area contributed by atoms with E-state index < -0.39 is 18.1 Å². The number of benzene rings is 1. The van der Waals surface area contributed by atoms with Gasteiger partial charge in [0.25, 0.3) is 0 Å². The molecule has 0 saturated carbocycles. The third-order valence-corrected chi connectivity index (χ3v) is 4.48. The number of amides is 1. The van der Waals surface area contributed by atoms with Gasteiger partial charge < -0.3 is 21.0 Å². The van der Waals surface area contributed by atoms with Gasteiger partial charge in [-0.2, -0.15) is 0 Å². The van der Waals surface area contributed by atoms with Gasteiger partial charge in [-0.05, 0) is 17.2 Å². The highest BCUT2D eigenvalue weighted by molar-refractivity contribution is 6.02. The monoisotopic (exact) mass is 395 g/mol. The van der Waals surface area contributed by atoms with Crippen molar-refractivity contribution in [2.75, 3.05) is 0 Å². The second-order valence-electron chi connectivity index (χ2n) is 6.67. The maximum absolute atomic E-state index is 12.4. The predicted octanol–water partition coefficient (Wildman–Crippen LogP) is 1.58. The Bertz CT molecular complexity index is 928. The first kappa shape index (κ1) is 20.0. The van der Waals surface area contributed by atoms with Gasteiger partial charge in [0.1, 0.15) is 11.9 Å². The smallest absolute Gasteiger partial charge is 0.305 e. The zero-order chi connectivity index (χ0) is 20.8. The molecule has 5 N–H and O–H groups in total. The molecule has 0 saturated heterocycles. The number of nitrogens with zero attached hydrogens (tertiary/aromatic N) is 2. The van der Waals surface area contributed by atoms with Crippen LogP contribution >= 0.6 is 0 Å². The number of carboxylic acids is 1. The summed E-state index contributed by atoms with van der Waals surface area (Å²) in [6, 6.07) is 9.79. The number of nitrogen functional groups attached to an aromatic ring is 1. The standard InChI is InChI=1S/C20H21N5O4/c21-20(22)13-5-3-12(4-6-13)17-8-15(29-25-17)9-18(26)24-16(10-19(27)28)14-2-1-7-23-11-14/h1-7,11,15-16H,8-10H2,(H3,21,22)(H,24,26)(H,27,28)/t15-,16+/m1/s1. The number of carboxylic acid groups (broad SMARTS) is 1. The van der Waals surface area contributed by atoms with E-state index in [1.807, 2.05) is 0 Å². The van der Waals surface area contributed by atoms with Crippen LogP contribution in [-0.4, -0.2) is 39.6 Å². The van der Waals surface area contributed by atoms with Gasteiger partial charge in [-0.1, -0.05) is 35.5 Å². The van der Waals surface area contributed by atoms with Crippen molar-refractivity contribution in [3.8, 4) is 0 Å². The summed E-state index contributed by atoms with van der Waals surface area (Å²) in [5, 5.41) is 23.3. The summed E-state index contributed by atoms with van der Waals surface area (Å²) in [5.41, 5.74) is 8.22. The Hall–Kier alpha value is -3.75. The molecule has 1 aliphatic heterocycles. The molecule has 1 aromatic heterocycles. The van der Waals surface area contributed by atoms with Crippen LogP contribution in [0.15, 0.2) is 53.9 Å². The average Bonchev–Trinajstić information content (AvgIpc) is 3.16. The van der Waals surface area contributed by atoms with Gasteiger partial charge in [0.15, 0.2) is 0 Å². The lowest BCUT2D eigenvalue weighted by Gasteiger charge is -2.18. The molecule has 0 radical (unpaired) electrons. The minimum atomic E-state index is -1.02. The van der Waals surface area contributed by atoms with Crippen molar-refractivity contribution in [2.45, 2.75) is 31.4 Å². The third kappa shape index (κ3) is 5.38. The molecule has 0 aliphatic carbocycles. The molecule has 150 valence electrons. The number of hydrogen-bond donors (Lipinski definition) is 4. The van der Waals surface area contributed by atoms with E-state index in [1.54, 1.807) is 42.6 Å². The van der Waals surface area contributed by atoms with E-state index in [-0.39, 0.29) is 24.6 Å². The van der Waals surface area contributed by atoms with Crippen molar-refractivity contribution in [1.82, 2.24) is 10.3 Å². The van der Waals surface area contributed by atoms with E-state index in [9.17, 15) is 9.59 Å². The molecule has 0 unspecified atom stereocenters. The molecule has 1 amide bonds. The number of rotatable bonds is 8. The van der Waals surface area contributed by atoms with Crippen LogP contribution in [0.2, 0.25) is 0 Å². The number of aromatic nitrogens is 1. The minimum Gasteiger partial charge on any atom is -0.481 e. The number of carbonyl (C=O) groups excluding carboxylic acids is 1. The van der Waals surface area contributed by atoms with Crippen LogP contribution in [0.5, 0.6) is 0 Å². The number of oxime groups is 1. The van der Waals surface area contributed by atoms with E-state index in [1.165, 1.54) is 6.20 Å². The van der Waals surface area contributed by atoms with Crippen LogP contribution in [0.25, 0.3) is 0 Å². The maximum atomic E-state index is 12.4. The third-order valence-electron chi connectivity index (χ3n) is 4.48. The summed E-state index contributed by atoms with van der Waals surface area (Å²) in [6.45, 7) is 0. The summed E-state index contributed by atoms with van der Waals surface area (Å²) >= 11 is 0. The summed E-state index contributed by atoms with van der Waals surface area (Å²) in [5.74, 6) is -1.36. The Morgan fingerprint density at radius 1 is 1.31 bits per heavy atom. The number of hydrogen-bond acceptors (Lipinski definition) is 6. The molecule has 2 aromatic rings. The fourth-order valence-electron chi connectivity index (χ4n) is 3.02. The van der Waals surface area contributed by atoms with Gasteiger partial charge in [-0.3, -0.25) is 20.0 Å². The zero-order valence-corrected chi connectivity index (χ0v) is 15.5. The SMILES string of the molecule is N=C(N)c1ccc(C2=NO[C@@H](CC(=O)N[C@@H](CC(=O)O)c3cccnc3)C2)cc1. The largest absolute Gasteiger partial charge is 0.481 e. The van der Waals surface area contributed by atoms with Gasteiger partial charge in [0, 0.05) is 24.4 Å². The molecule has 9 heteroatoms. The Balaban J connectivity index is 1.57. The lowest BCUT2D eigenvalue weighted by Crippen LogP contribution is -2.32. The van der Waals surface area contributed by atoms with E-state index in [2.05, 4.69) is 15.5 Å². The number of pyridine rings is 1. The van der Waals surface area contributed by atoms with Crippen LogP contribution in [-0.2, 0) is 14.4 Å². The van der Waals surface area contributed by atoms with Gasteiger partial charge in [0.05, 0.1) is 24.6 Å². The highest BCUT2D eigenvalue weighted by Crippen LogP contribution is 2.21. The van der Waals surface area contributed by atoms with E-state index in [0.717, 1.165) is 5.56 Å². The molecule has 0 bridgehead atoms. The second-order valence-corrected chi connectivity index (χ2v) is 6.67. The highest BCUT2D eigenvalue weighted by atomic mass is 16.6. The Kier molecular flexibility index (Phi) is 6.18. The van der Waals surface area contributed by atoms with Crippen molar-refractivity contribution in [1.29, 1.82) is 5.41 Å². The van der Waals surface area contributed by atoms with Gasteiger partial charge in [-0.25, -0.2) is 0 Å². The van der Waals surface area contributed by atoms with Gasteiger partial charge in [-0.15, -0.1) is 0 Å². The number of carbonyl (C=O) groups is 2. The summed E-state index contributed by atoms with van der Waals surface area (Å²) < 4.78 is 0. The molecule has 29 heavy (non-hydrogen) atoms. The first-order valence-electron chi connectivity index (χ1n) is 9.01. The molecule has 2 heterocycles. The first-order valence-corrected chi connectivity index (χ1v) is 9.01. The molecule has 3 rings (SSSR count). The fourth-order valence-corrected chi connectivity index (χ4v) is 3.02. The number of aliphatic carboxylic acids is 1. The predicted molar refractivity (Wildman–Crippen MR) is 105 cm³/mol. The molecule has 9 nitrogen and oxygen atoms in total. The van der Waals surface area contributed by atoms with E-state index in [0.29, 0.717) is 23.3 Å². The molecular formula is C20H21N5O4. The molecule has 1 aliphatic rings. The van der Waals surface area contributed by atoms with E-state index in [4.69, 9.17) is 21.1 Å². The summed E-state index contributed by atoms with van der Waals surface area (Å²) in [4.78, 5) is 32.9. The van der Waals surface area contributed by atoms with Crippen LogP contribution < -0.4 is 11.1 Å². The molecule has 0 fully saturated rings. The lowest BCUT2D eigenvalue weighted by atomic mass is 10.0. The highest BCUT2D eigenvalue weighted by Gasteiger charge is 2.26. The average molecular weight is 395 g/mol. The Morgan fingerprint density at radius 3 is 2.69 bits per heavy atom. The number of amidine groups is 1. The normalized spacial score (nSPS) is 16.4. The number of nitrogens with two attached hydrogens (primary N) is 1. The van der Waals surface area contributed by atoms with Crippen molar-refractivity contribution in [2.24, 2.45) is 10.9 Å². The van der Waals surface area contributed by atoms with Crippen LogP contribution in [0.4, 0.5) is 0 Å². The maximum Gasteiger partial charge on any atom is 0.305 e. The molecule has 1 aromatic carbocycles. The van der Waals surface area contributed by atoms with Crippen LogP contribution in [0.3, 0.4) is 0 Å². The first-order chi connectivity index (χ1) is 13.9. The number of nitrogens with one attached hydrogen (secondary N) is 2. The zero-order valence-electron chi connectivity index (χ0n) is 15.5. The summed E-state index contributed by atoms with van der Waals surface area (Å²) in [7, 11) is 0. The molecular weight excluding hydrogens is 374 g/mol. The fraction of sp³-hybridized carbons (Fsp3) is 0.250. The van der Waals surface area contributed by atoms with Crippen LogP contribution in [0, 0.1) is 5.41 Å². The van der Waals surface area contributed by atoms with Crippen molar-refractivity contribution < 1.29 is 19.5 Å². The second kappa shape index (κ2) is 8.96. The summed E-state index contributed by atoms with van der Waals surface area (Å²) in [6.07, 6.45) is 2.94. The van der Waals surface area contributed by atoms with Gasteiger partial charge >= 0.3 is 5.97 Å². The lowest BCUT2D eigenvalue weighted by molar-refractivity contribution is -0.137. The van der Waals surface area contributed by atoms with Crippen molar-refractivity contribution >= 4 is 23.4 Å². The van der Waals surface area contributed by atoms with Crippen molar-refractivity contribution in [3.05, 3.63) is 65.5 Å².